The molecular formula is C12H19N3O4. The van der Waals surface area contributed by atoms with E-state index in [2.05, 4.69) is 15.6 Å². The van der Waals surface area contributed by atoms with Gasteiger partial charge in [0.2, 0.25) is 0 Å². The van der Waals surface area contributed by atoms with Gasteiger partial charge in [0.25, 0.3) is 5.56 Å². The summed E-state index contributed by atoms with van der Waals surface area (Å²) in [4.78, 5) is 14.3. The van der Waals surface area contributed by atoms with Crippen molar-refractivity contribution in [3.63, 3.8) is 0 Å². The first-order valence-corrected chi connectivity index (χ1v) is 6.27. The minimum absolute atomic E-state index is 0.0853. The van der Waals surface area contributed by atoms with Crippen LogP contribution in [-0.4, -0.2) is 52.2 Å². The summed E-state index contributed by atoms with van der Waals surface area (Å²) in [5.41, 5.74) is 2.35. The summed E-state index contributed by atoms with van der Waals surface area (Å²) in [6.07, 6.45) is 1.29. The molecule has 2 heterocycles. The van der Waals surface area contributed by atoms with Gasteiger partial charge < -0.3 is 30.9 Å². The maximum atomic E-state index is 11.6. The average molecular weight is 269 g/mol. The zero-order valence-corrected chi connectivity index (χ0v) is 10.5. The van der Waals surface area contributed by atoms with E-state index in [4.69, 9.17) is 10.2 Å². The maximum absolute atomic E-state index is 11.6. The number of fused-ring (bicyclic) bond motifs is 1. The van der Waals surface area contributed by atoms with Gasteiger partial charge in [-0.25, -0.2) is 0 Å². The fourth-order valence-corrected chi connectivity index (χ4v) is 2.22. The summed E-state index contributed by atoms with van der Waals surface area (Å²) in [6.45, 7) is 0.424. The standard InChI is InChI=1S/C12H19N3O4/c16-5-9(10(18)6-17)14-3-7-4-15-12(19)8-1-2-13-11(7)8/h4,9-10,13-14,16-18H,1-3,5-6H2,(H,15,19)/t9-,10+/m0/s1. The van der Waals surface area contributed by atoms with Gasteiger partial charge in [0, 0.05) is 36.1 Å². The summed E-state index contributed by atoms with van der Waals surface area (Å²) >= 11 is 0. The third-order valence-corrected chi connectivity index (χ3v) is 3.35. The number of aliphatic hydroxyl groups excluding tert-OH is 3. The highest BCUT2D eigenvalue weighted by atomic mass is 16.3. The number of aliphatic hydroxyl groups is 3. The molecule has 6 N–H and O–H groups in total. The van der Waals surface area contributed by atoms with Crippen LogP contribution in [-0.2, 0) is 13.0 Å². The first-order valence-electron chi connectivity index (χ1n) is 6.27. The predicted molar refractivity (Wildman–Crippen MR) is 70.1 cm³/mol. The third kappa shape index (κ3) is 2.95. The van der Waals surface area contributed by atoms with E-state index in [0.29, 0.717) is 13.0 Å². The van der Waals surface area contributed by atoms with Crippen LogP contribution in [0.3, 0.4) is 0 Å². The lowest BCUT2D eigenvalue weighted by molar-refractivity contribution is 0.0410. The van der Waals surface area contributed by atoms with E-state index in [0.717, 1.165) is 23.4 Å². The second-order valence-electron chi connectivity index (χ2n) is 4.59. The Balaban J connectivity index is 2.08. The highest BCUT2D eigenvalue weighted by Crippen LogP contribution is 2.22. The van der Waals surface area contributed by atoms with Crippen molar-refractivity contribution >= 4 is 5.69 Å². The fraction of sp³-hybridized carbons (Fsp3) is 0.583. The van der Waals surface area contributed by atoms with Crippen molar-refractivity contribution in [2.45, 2.75) is 25.1 Å². The van der Waals surface area contributed by atoms with Crippen LogP contribution >= 0.6 is 0 Å². The van der Waals surface area contributed by atoms with Crippen molar-refractivity contribution in [1.29, 1.82) is 0 Å². The van der Waals surface area contributed by atoms with Crippen LogP contribution in [0.5, 0.6) is 0 Å². The Morgan fingerprint density at radius 1 is 1.37 bits per heavy atom. The number of nitrogens with one attached hydrogen (secondary N) is 3. The Kier molecular flexibility index (Phi) is 4.54. The van der Waals surface area contributed by atoms with Gasteiger partial charge in [0.05, 0.1) is 25.4 Å². The summed E-state index contributed by atoms with van der Waals surface area (Å²) in [6, 6.07) is -0.603. The third-order valence-electron chi connectivity index (χ3n) is 3.35. The predicted octanol–water partition coefficient (Wildman–Crippen LogP) is -1.85. The molecule has 0 saturated carbocycles. The van der Waals surface area contributed by atoms with Gasteiger partial charge in [-0.2, -0.15) is 0 Å². The smallest absolute Gasteiger partial charge is 0.253 e. The summed E-state index contributed by atoms with van der Waals surface area (Å²) in [7, 11) is 0. The molecule has 19 heavy (non-hydrogen) atoms. The molecule has 0 spiro atoms. The van der Waals surface area contributed by atoms with Crippen molar-refractivity contribution in [2.24, 2.45) is 0 Å². The van der Waals surface area contributed by atoms with Gasteiger partial charge >= 0.3 is 0 Å². The molecule has 1 aromatic heterocycles. The molecule has 1 aliphatic rings. The lowest BCUT2D eigenvalue weighted by atomic mass is 10.1. The molecule has 0 fully saturated rings. The van der Waals surface area contributed by atoms with Gasteiger partial charge in [-0.3, -0.25) is 4.79 Å². The average Bonchev–Trinajstić information content (AvgIpc) is 2.91. The number of hydrogen-bond acceptors (Lipinski definition) is 6. The van der Waals surface area contributed by atoms with E-state index in [-0.39, 0.29) is 12.2 Å². The molecule has 7 nitrogen and oxygen atoms in total. The van der Waals surface area contributed by atoms with Gasteiger partial charge in [0.1, 0.15) is 0 Å². The quantitative estimate of drug-likeness (QED) is 0.361. The molecule has 0 amide bonds. The highest BCUT2D eigenvalue weighted by molar-refractivity contribution is 5.59. The largest absolute Gasteiger partial charge is 0.395 e. The SMILES string of the molecule is O=c1[nH]cc(CN[C@@H](CO)[C@H](O)CO)c2c1CCN2. The Morgan fingerprint density at radius 3 is 2.84 bits per heavy atom. The van der Waals surface area contributed by atoms with Crippen molar-refractivity contribution in [1.82, 2.24) is 10.3 Å². The van der Waals surface area contributed by atoms with Crippen LogP contribution in [0.2, 0.25) is 0 Å². The monoisotopic (exact) mass is 269 g/mol. The van der Waals surface area contributed by atoms with Crippen LogP contribution in [0.15, 0.2) is 11.0 Å². The summed E-state index contributed by atoms with van der Waals surface area (Å²) < 4.78 is 0. The molecule has 0 unspecified atom stereocenters. The molecule has 7 heteroatoms. The number of pyridine rings is 1. The van der Waals surface area contributed by atoms with Crippen LogP contribution in [0.4, 0.5) is 5.69 Å². The Labute approximate surface area is 110 Å². The molecule has 0 radical (unpaired) electrons. The van der Waals surface area contributed by atoms with Gasteiger partial charge in [-0.1, -0.05) is 0 Å². The van der Waals surface area contributed by atoms with E-state index in [9.17, 15) is 9.90 Å². The number of anilines is 1. The van der Waals surface area contributed by atoms with E-state index in [1.54, 1.807) is 6.20 Å². The Morgan fingerprint density at radius 2 is 2.16 bits per heavy atom. The maximum Gasteiger partial charge on any atom is 0.253 e. The topological polar surface area (TPSA) is 118 Å². The van der Waals surface area contributed by atoms with Crippen molar-refractivity contribution in [2.75, 3.05) is 25.1 Å². The molecule has 1 aromatic rings. The van der Waals surface area contributed by atoms with Crippen molar-refractivity contribution < 1.29 is 15.3 Å². The van der Waals surface area contributed by atoms with Crippen LogP contribution in [0.25, 0.3) is 0 Å². The zero-order chi connectivity index (χ0) is 13.8. The van der Waals surface area contributed by atoms with Gasteiger partial charge in [0.15, 0.2) is 0 Å². The minimum Gasteiger partial charge on any atom is -0.395 e. The summed E-state index contributed by atoms with van der Waals surface area (Å²) in [5.74, 6) is 0. The molecule has 106 valence electrons. The molecule has 2 rings (SSSR count). The highest BCUT2D eigenvalue weighted by Gasteiger charge is 2.20. The van der Waals surface area contributed by atoms with Gasteiger partial charge in [-0.05, 0) is 6.42 Å². The van der Waals surface area contributed by atoms with Crippen molar-refractivity contribution in [3.05, 3.63) is 27.7 Å². The van der Waals surface area contributed by atoms with E-state index >= 15 is 0 Å². The minimum atomic E-state index is -1.02. The summed E-state index contributed by atoms with van der Waals surface area (Å²) in [5, 5.41) is 33.6. The fourth-order valence-electron chi connectivity index (χ4n) is 2.22. The first kappa shape index (κ1) is 14.0. The lowest BCUT2D eigenvalue weighted by Gasteiger charge is -2.21. The number of hydrogen-bond donors (Lipinski definition) is 6. The molecule has 0 bridgehead atoms. The van der Waals surface area contributed by atoms with Crippen LogP contribution in [0, 0.1) is 0 Å². The van der Waals surface area contributed by atoms with E-state index in [1.807, 2.05) is 0 Å². The molecule has 2 atom stereocenters. The Hall–Kier alpha value is -1.41. The molecule has 0 saturated heterocycles. The zero-order valence-electron chi connectivity index (χ0n) is 10.5. The second kappa shape index (κ2) is 6.16. The molecule has 1 aliphatic heterocycles. The molecular weight excluding hydrogens is 250 g/mol. The lowest BCUT2D eigenvalue weighted by Crippen LogP contribution is -2.44. The van der Waals surface area contributed by atoms with Gasteiger partial charge in [-0.15, -0.1) is 0 Å². The number of H-pyrrole nitrogens is 1. The van der Waals surface area contributed by atoms with Crippen LogP contribution in [0.1, 0.15) is 11.1 Å². The first-order chi connectivity index (χ1) is 9.17. The van der Waals surface area contributed by atoms with E-state index in [1.165, 1.54) is 0 Å². The second-order valence-corrected chi connectivity index (χ2v) is 4.59. The van der Waals surface area contributed by atoms with Crippen LogP contribution < -0.4 is 16.2 Å². The van der Waals surface area contributed by atoms with Crippen molar-refractivity contribution in [3.8, 4) is 0 Å². The number of rotatable bonds is 6. The number of aromatic nitrogens is 1. The number of aromatic amines is 1. The Bertz CT molecular complexity index is 488. The van der Waals surface area contributed by atoms with E-state index < -0.39 is 18.8 Å². The molecule has 0 aliphatic carbocycles. The normalized spacial score (nSPS) is 16.8. The molecule has 0 aromatic carbocycles.